The zero-order chi connectivity index (χ0) is 16.8. The molecule has 0 aromatic heterocycles. The fourth-order valence-corrected chi connectivity index (χ4v) is 4.32. The lowest BCUT2D eigenvalue weighted by molar-refractivity contribution is 0.112. The Balaban J connectivity index is 1.88. The summed E-state index contributed by atoms with van der Waals surface area (Å²) in [6.07, 6.45) is 11.7. The Labute approximate surface area is 145 Å². The molecule has 0 fully saturated rings. The van der Waals surface area contributed by atoms with Crippen LogP contribution in [0.1, 0.15) is 22.3 Å². The molecule has 1 aliphatic carbocycles. The molecule has 0 aliphatic heterocycles. The van der Waals surface area contributed by atoms with Crippen molar-refractivity contribution < 1.29 is 9.53 Å². The van der Waals surface area contributed by atoms with E-state index in [1.807, 2.05) is 24.3 Å². The number of para-hydroxylation sites is 1. The molecule has 0 amide bonds. The molecule has 3 heteroatoms. The largest absolute Gasteiger partial charge is 0.496 e. The maximum atomic E-state index is 11.3. The molecule has 2 nitrogen and oxygen atoms in total. The van der Waals surface area contributed by atoms with E-state index in [2.05, 4.69) is 42.5 Å². The molecule has 2 aromatic rings. The van der Waals surface area contributed by atoms with Gasteiger partial charge in [0.1, 0.15) is 5.75 Å². The summed E-state index contributed by atoms with van der Waals surface area (Å²) in [5.74, 6) is 1.48. The number of hydrogen-bond acceptors (Lipinski definition) is 2. The van der Waals surface area contributed by atoms with Gasteiger partial charge in [0.2, 0.25) is 0 Å². The van der Waals surface area contributed by atoms with E-state index in [0.717, 1.165) is 41.0 Å². The van der Waals surface area contributed by atoms with Gasteiger partial charge < -0.3 is 4.74 Å². The standard InChI is InChI=1S/C21H21O2P/c1-23-21-17(14-16-8-3-2-4-9-16)11-7-13-20(21)24-19-12-6-5-10-18(19)15-22/h2-8,10-13,15-16,24H,9,14H2,1H3. The van der Waals surface area contributed by atoms with Crippen LogP contribution in [0.25, 0.3) is 0 Å². The molecule has 0 N–H and O–H groups in total. The smallest absolute Gasteiger partial charge is 0.150 e. The highest BCUT2D eigenvalue weighted by atomic mass is 31.1. The summed E-state index contributed by atoms with van der Waals surface area (Å²) in [5, 5.41) is 2.21. The molecule has 1 aliphatic rings. The minimum absolute atomic E-state index is 0.408. The number of methoxy groups -OCH3 is 1. The van der Waals surface area contributed by atoms with Gasteiger partial charge in [-0.05, 0) is 29.6 Å². The topological polar surface area (TPSA) is 26.3 Å². The van der Waals surface area contributed by atoms with Gasteiger partial charge in [0.15, 0.2) is 6.29 Å². The van der Waals surface area contributed by atoms with E-state index >= 15 is 0 Å². The minimum Gasteiger partial charge on any atom is -0.496 e. The highest BCUT2D eigenvalue weighted by molar-refractivity contribution is 7.56. The van der Waals surface area contributed by atoms with Gasteiger partial charge in [-0.3, -0.25) is 4.79 Å². The van der Waals surface area contributed by atoms with Crippen molar-refractivity contribution in [1.29, 1.82) is 0 Å². The predicted molar refractivity (Wildman–Crippen MR) is 102 cm³/mol. The van der Waals surface area contributed by atoms with Gasteiger partial charge in [0.05, 0.1) is 7.11 Å². The monoisotopic (exact) mass is 336 g/mol. The maximum absolute atomic E-state index is 11.3. The second-order valence-corrected chi connectivity index (χ2v) is 7.17. The Hall–Kier alpha value is -2.18. The van der Waals surface area contributed by atoms with E-state index < -0.39 is 0 Å². The Kier molecular flexibility index (Phi) is 5.61. The molecule has 2 unspecified atom stereocenters. The van der Waals surface area contributed by atoms with Crippen LogP contribution in [-0.4, -0.2) is 13.4 Å². The van der Waals surface area contributed by atoms with Crippen LogP contribution in [0.3, 0.4) is 0 Å². The van der Waals surface area contributed by atoms with Crippen LogP contribution in [0.2, 0.25) is 0 Å². The van der Waals surface area contributed by atoms with Crippen LogP contribution in [-0.2, 0) is 6.42 Å². The summed E-state index contributed by atoms with van der Waals surface area (Å²) in [7, 11) is 2.14. The number of hydrogen-bond donors (Lipinski definition) is 0. The Morgan fingerprint density at radius 3 is 2.71 bits per heavy atom. The van der Waals surface area contributed by atoms with Gasteiger partial charge in [0.25, 0.3) is 0 Å². The molecule has 3 rings (SSSR count). The highest BCUT2D eigenvalue weighted by Crippen LogP contribution is 2.28. The minimum atomic E-state index is 0.408. The van der Waals surface area contributed by atoms with Gasteiger partial charge in [-0.25, -0.2) is 0 Å². The van der Waals surface area contributed by atoms with Crippen molar-refractivity contribution in [2.75, 3.05) is 7.11 Å². The zero-order valence-electron chi connectivity index (χ0n) is 13.7. The van der Waals surface area contributed by atoms with Crippen LogP contribution < -0.4 is 15.3 Å². The molecule has 122 valence electrons. The summed E-state index contributed by atoms with van der Waals surface area (Å²) < 4.78 is 5.74. The Bertz CT molecular complexity index is 777. The van der Waals surface area contributed by atoms with Crippen molar-refractivity contribution in [2.24, 2.45) is 5.92 Å². The SMILES string of the molecule is COc1c(CC2C=CC=CC2)cccc1Pc1ccccc1C=O. The second kappa shape index (κ2) is 8.08. The number of rotatable bonds is 6. The summed E-state index contributed by atoms with van der Waals surface area (Å²) in [6.45, 7) is 0. The molecule has 0 bridgehead atoms. The highest BCUT2D eigenvalue weighted by Gasteiger charge is 2.14. The van der Waals surface area contributed by atoms with Crippen molar-refractivity contribution in [3.8, 4) is 5.75 Å². The lowest BCUT2D eigenvalue weighted by atomic mass is 9.93. The predicted octanol–water partition coefficient (Wildman–Crippen LogP) is 3.81. The fraction of sp³-hybridized carbons (Fsp3) is 0.190. The first-order chi connectivity index (χ1) is 11.8. The Morgan fingerprint density at radius 2 is 1.96 bits per heavy atom. The molecule has 0 heterocycles. The summed E-state index contributed by atoms with van der Waals surface area (Å²) in [6, 6.07) is 14.1. The van der Waals surface area contributed by atoms with Crippen molar-refractivity contribution in [3.05, 3.63) is 77.9 Å². The van der Waals surface area contributed by atoms with E-state index in [1.54, 1.807) is 7.11 Å². The average molecular weight is 336 g/mol. The lowest BCUT2D eigenvalue weighted by Gasteiger charge is -2.18. The molecule has 2 aromatic carbocycles. The van der Waals surface area contributed by atoms with Gasteiger partial charge in [-0.15, -0.1) is 0 Å². The van der Waals surface area contributed by atoms with E-state index in [4.69, 9.17) is 4.74 Å². The molecule has 0 saturated heterocycles. The first kappa shape index (κ1) is 16.7. The van der Waals surface area contributed by atoms with E-state index in [1.165, 1.54) is 5.56 Å². The normalized spacial score (nSPS) is 16.6. The molecule has 0 radical (unpaired) electrons. The fourth-order valence-electron chi connectivity index (χ4n) is 3.01. The van der Waals surface area contributed by atoms with E-state index in [-0.39, 0.29) is 0 Å². The van der Waals surface area contributed by atoms with Gasteiger partial charge in [-0.2, -0.15) is 0 Å². The molecule has 24 heavy (non-hydrogen) atoms. The van der Waals surface area contributed by atoms with Gasteiger partial charge in [0, 0.05) is 10.9 Å². The van der Waals surface area contributed by atoms with Crippen molar-refractivity contribution >= 4 is 25.5 Å². The van der Waals surface area contributed by atoms with Crippen LogP contribution in [0.5, 0.6) is 5.75 Å². The zero-order valence-corrected chi connectivity index (χ0v) is 14.7. The third kappa shape index (κ3) is 3.83. The molecular formula is C21H21O2P. The van der Waals surface area contributed by atoms with Crippen LogP contribution in [0, 0.1) is 5.92 Å². The number of allylic oxidation sites excluding steroid dienone is 4. The third-order valence-corrected chi connectivity index (χ3v) is 5.60. The first-order valence-electron chi connectivity index (χ1n) is 8.12. The van der Waals surface area contributed by atoms with Gasteiger partial charge in [-0.1, -0.05) is 75.3 Å². The lowest BCUT2D eigenvalue weighted by Crippen LogP contribution is -2.13. The molecular weight excluding hydrogens is 315 g/mol. The van der Waals surface area contributed by atoms with Crippen molar-refractivity contribution in [3.63, 3.8) is 0 Å². The van der Waals surface area contributed by atoms with Gasteiger partial charge >= 0.3 is 0 Å². The molecule has 2 atom stereocenters. The van der Waals surface area contributed by atoms with E-state index in [0.29, 0.717) is 14.5 Å². The molecule has 0 saturated carbocycles. The first-order valence-corrected chi connectivity index (χ1v) is 9.12. The Morgan fingerprint density at radius 1 is 1.12 bits per heavy atom. The summed E-state index contributed by atoms with van der Waals surface area (Å²) in [5.41, 5.74) is 1.99. The number of carbonyl (C=O) groups is 1. The number of benzene rings is 2. The number of carbonyl (C=O) groups excluding carboxylic acids is 1. The van der Waals surface area contributed by atoms with Crippen molar-refractivity contribution in [2.45, 2.75) is 12.8 Å². The number of aldehydes is 1. The second-order valence-electron chi connectivity index (χ2n) is 5.84. The maximum Gasteiger partial charge on any atom is 0.150 e. The quantitative estimate of drug-likeness (QED) is 0.592. The van der Waals surface area contributed by atoms with Crippen LogP contribution in [0.4, 0.5) is 0 Å². The van der Waals surface area contributed by atoms with Crippen molar-refractivity contribution in [1.82, 2.24) is 0 Å². The van der Waals surface area contributed by atoms with E-state index in [9.17, 15) is 4.79 Å². The average Bonchev–Trinajstić information content (AvgIpc) is 2.63. The number of ether oxygens (including phenoxy) is 1. The van der Waals surface area contributed by atoms with Crippen LogP contribution in [0.15, 0.2) is 66.8 Å². The third-order valence-electron chi connectivity index (χ3n) is 4.21. The summed E-state index contributed by atoms with van der Waals surface area (Å²) in [4.78, 5) is 11.3. The summed E-state index contributed by atoms with van der Waals surface area (Å²) >= 11 is 0. The van der Waals surface area contributed by atoms with Crippen LogP contribution >= 0.6 is 8.58 Å². The molecule has 0 spiro atoms.